The van der Waals surface area contributed by atoms with Crippen LogP contribution < -0.4 is 4.90 Å². The maximum absolute atomic E-state index is 4.54. The van der Waals surface area contributed by atoms with Crippen LogP contribution in [-0.2, 0) is 12.8 Å². The largest absolute Gasteiger partial charge is 0.354 e. The van der Waals surface area contributed by atoms with Gasteiger partial charge >= 0.3 is 0 Å². The highest BCUT2D eigenvalue weighted by atomic mass is 15.3. The molecule has 92 valence electrons. The first-order chi connectivity index (χ1) is 8.34. The molecule has 0 aromatic carbocycles. The molecule has 0 radical (unpaired) electrons. The Balaban J connectivity index is 1.87. The minimum Gasteiger partial charge on any atom is -0.354 e. The Morgan fingerprint density at radius 2 is 1.76 bits per heavy atom. The maximum atomic E-state index is 4.54. The van der Waals surface area contributed by atoms with E-state index in [1.165, 1.54) is 29.9 Å². The van der Waals surface area contributed by atoms with Crippen LogP contribution >= 0.6 is 0 Å². The lowest BCUT2D eigenvalue weighted by Gasteiger charge is -2.35. The molecular weight excluding hydrogens is 212 g/mol. The van der Waals surface area contributed by atoms with Crippen molar-refractivity contribution in [3.05, 3.63) is 17.6 Å². The molecule has 1 aromatic rings. The van der Waals surface area contributed by atoms with Crippen LogP contribution in [0.15, 0.2) is 6.33 Å². The Labute approximate surface area is 103 Å². The van der Waals surface area contributed by atoms with Gasteiger partial charge in [0.05, 0.1) is 0 Å². The van der Waals surface area contributed by atoms with Crippen molar-refractivity contribution in [2.45, 2.75) is 25.7 Å². The van der Waals surface area contributed by atoms with Crippen LogP contribution in [0.25, 0.3) is 0 Å². The molecule has 17 heavy (non-hydrogen) atoms. The van der Waals surface area contributed by atoms with Gasteiger partial charge in [0.25, 0.3) is 0 Å². The van der Waals surface area contributed by atoms with Gasteiger partial charge in [-0.05, 0) is 32.7 Å². The fraction of sp³-hybridized carbons (Fsp3) is 0.692. The van der Waals surface area contributed by atoms with Crippen molar-refractivity contribution < 1.29 is 0 Å². The van der Waals surface area contributed by atoms with Crippen molar-refractivity contribution in [2.75, 3.05) is 38.1 Å². The molecule has 0 bridgehead atoms. The van der Waals surface area contributed by atoms with Crippen LogP contribution in [-0.4, -0.2) is 48.1 Å². The van der Waals surface area contributed by atoms with E-state index in [9.17, 15) is 0 Å². The van der Waals surface area contributed by atoms with Crippen molar-refractivity contribution in [2.24, 2.45) is 0 Å². The van der Waals surface area contributed by atoms with Gasteiger partial charge in [0.15, 0.2) is 0 Å². The molecule has 0 amide bonds. The molecule has 1 aliphatic carbocycles. The summed E-state index contributed by atoms with van der Waals surface area (Å²) in [5, 5.41) is 0. The number of hydrogen-bond donors (Lipinski definition) is 0. The Hall–Kier alpha value is -1.16. The minimum absolute atomic E-state index is 1.10. The van der Waals surface area contributed by atoms with E-state index in [1.807, 2.05) is 0 Å². The summed E-state index contributed by atoms with van der Waals surface area (Å²) < 4.78 is 0. The number of aromatic nitrogens is 2. The number of anilines is 1. The molecule has 3 rings (SSSR count). The summed E-state index contributed by atoms with van der Waals surface area (Å²) in [5.74, 6) is 1.21. The average Bonchev–Trinajstić information content (AvgIpc) is 2.39. The van der Waals surface area contributed by atoms with E-state index in [4.69, 9.17) is 0 Å². The van der Waals surface area contributed by atoms with E-state index in [0.29, 0.717) is 0 Å². The second-order valence-electron chi connectivity index (χ2n) is 5.12. The van der Waals surface area contributed by atoms with Crippen LogP contribution in [0, 0.1) is 0 Å². The molecule has 1 fully saturated rings. The lowest BCUT2D eigenvalue weighted by Crippen LogP contribution is -2.45. The predicted octanol–water partition coefficient (Wildman–Crippen LogP) is 1.11. The third kappa shape index (κ3) is 2.14. The summed E-state index contributed by atoms with van der Waals surface area (Å²) in [6.07, 6.45) is 6.63. The van der Waals surface area contributed by atoms with Crippen molar-refractivity contribution in [3.8, 4) is 0 Å². The van der Waals surface area contributed by atoms with E-state index in [1.54, 1.807) is 6.33 Å². The number of fused-ring (bicyclic) bond motifs is 1. The summed E-state index contributed by atoms with van der Waals surface area (Å²) in [5.41, 5.74) is 2.71. The standard InChI is InChI=1S/C13H20N4/c1-16-6-8-17(9-7-16)13-11-4-2-3-5-12(11)14-10-15-13/h10H,2-9H2,1H3. The first kappa shape index (κ1) is 11.0. The third-order valence-corrected chi connectivity index (χ3v) is 3.91. The van der Waals surface area contributed by atoms with E-state index in [0.717, 1.165) is 39.0 Å². The molecule has 2 heterocycles. The topological polar surface area (TPSA) is 32.3 Å². The molecule has 1 saturated heterocycles. The highest BCUT2D eigenvalue weighted by Crippen LogP contribution is 2.27. The highest BCUT2D eigenvalue weighted by molar-refractivity contribution is 5.49. The van der Waals surface area contributed by atoms with E-state index < -0.39 is 0 Å². The Morgan fingerprint density at radius 1 is 1.00 bits per heavy atom. The SMILES string of the molecule is CN1CCN(c2ncnc3c2CCCC3)CC1. The molecule has 0 atom stereocenters. The molecule has 2 aliphatic rings. The van der Waals surface area contributed by atoms with Crippen LogP contribution in [0.3, 0.4) is 0 Å². The van der Waals surface area contributed by atoms with Crippen LogP contribution in [0.1, 0.15) is 24.1 Å². The number of rotatable bonds is 1. The zero-order valence-electron chi connectivity index (χ0n) is 10.5. The minimum atomic E-state index is 1.10. The van der Waals surface area contributed by atoms with Gasteiger partial charge in [-0.1, -0.05) is 0 Å². The normalized spacial score (nSPS) is 21.4. The fourth-order valence-corrected chi connectivity index (χ4v) is 2.79. The van der Waals surface area contributed by atoms with Crippen LogP contribution in [0.5, 0.6) is 0 Å². The molecule has 0 unspecified atom stereocenters. The quantitative estimate of drug-likeness (QED) is 0.726. The highest BCUT2D eigenvalue weighted by Gasteiger charge is 2.21. The Kier molecular flexibility index (Phi) is 2.97. The molecular formula is C13H20N4. The maximum Gasteiger partial charge on any atom is 0.135 e. The van der Waals surface area contributed by atoms with Crippen molar-refractivity contribution in [1.82, 2.24) is 14.9 Å². The first-order valence-corrected chi connectivity index (χ1v) is 6.61. The summed E-state index contributed by atoms with van der Waals surface area (Å²) >= 11 is 0. The molecule has 4 nitrogen and oxygen atoms in total. The van der Waals surface area contributed by atoms with Gasteiger partial charge in [-0.25, -0.2) is 9.97 Å². The van der Waals surface area contributed by atoms with Gasteiger partial charge in [-0.3, -0.25) is 0 Å². The second-order valence-corrected chi connectivity index (χ2v) is 5.12. The van der Waals surface area contributed by atoms with Gasteiger partial charge in [-0.15, -0.1) is 0 Å². The first-order valence-electron chi connectivity index (χ1n) is 6.61. The predicted molar refractivity (Wildman–Crippen MR) is 68.4 cm³/mol. The van der Waals surface area contributed by atoms with E-state index in [-0.39, 0.29) is 0 Å². The van der Waals surface area contributed by atoms with Crippen molar-refractivity contribution >= 4 is 5.82 Å². The van der Waals surface area contributed by atoms with E-state index in [2.05, 4.69) is 26.8 Å². The number of hydrogen-bond acceptors (Lipinski definition) is 4. The summed E-state index contributed by atoms with van der Waals surface area (Å²) in [6, 6.07) is 0. The lowest BCUT2D eigenvalue weighted by molar-refractivity contribution is 0.311. The number of aryl methyl sites for hydroxylation is 1. The second kappa shape index (κ2) is 4.61. The number of likely N-dealkylation sites (N-methyl/N-ethyl adjacent to an activating group) is 1. The van der Waals surface area contributed by atoms with Crippen molar-refractivity contribution in [1.29, 1.82) is 0 Å². The average molecular weight is 232 g/mol. The van der Waals surface area contributed by atoms with E-state index >= 15 is 0 Å². The summed E-state index contributed by atoms with van der Waals surface area (Å²) in [6.45, 7) is 4.47. The molecule has 0 saturated carbocycles. The molecule has 1 aliphatic heterocycles. The van der Waals surface area contributed by atoms with Crippen LogP contribution in [0.2, 0.25) is 0 Å². The smallest absolute Gasteiger partial charge is 0.135 e. The van der Waals surface area contributed by atoms with Gasteiger partial charge in [0.1, 0.15) is 12.1 Å². The van der Waals surface area contributed by atoms with Gasteiger partial charge in [0.2, 0.25) is 0 Å². The zero-order chi connectivity index (χ0) is 11.7. The lowest BCUT2D eigenvalue weighted by atomic mass is 9.96. The Morgan fingerprint density at radius 3 is 2.59 bits per heavy atom. The zero-order valence-corrected chi connectivity index (χ0v) is 10.5. The fourth-order valence-electron chi connectivity index (χ4n) is 2.79. The summed E-state index contributed by atoms with van der Waals surface area (Å²) in [7, 11) is 2.19. The van der Waals surface area contributed by atoms with Gasteiger partial charge in [-0.2, -0.15) is 0 Å². The van der Waals surface area contributed by atoms with Crippen molar-refractivity contribution in [3.63, 3.8) is 0 Å². The molecule has 0 spiro atoms. The van der Waals surface area contributed by atoms with Gasteiger partial charge < -0.3 is 9.80 Å². The van der Waals surface area contributed by atoms with Gasteiger partial charge in [0, 0.05) is 37.4 Å². The Bertz CT molecular complexity index is 396. The molecule has 0 N–H and O–H groups in total. The number of nitrogens with zero attached hydrogens (tertiary/aromatic N) is 4. The van der Waals surface area contributed by atoms with Crippen LogP contribution in [0.4, 0.5) is 5.82 Å². The summed E-state index contributed by atoms with van der Waals surface area (Å²) in [4.78, 5) is 13.8. The monoisotopic (exact) mass is 232 g/mol. The number of piperazine rings is 1. The third-order valence-electron chi connectivity index (χ3n) is 3.91. The molecule has 4 heteroatoms. The molecule has 1 aromatic heterocycles.